The Morgan fingerprint density at radius 2 is 2.15 bits per heavy atom. The lowest BCUT2D eigenvalue weighted by atomic mass is 10.2. The minimum atomic E-state index is -0.621. The minimum absolute atomic E-state index is 0.115. The second kappa shape index (κ2) is 5.74. The number of nitro groups is 1. The van der Waals surface area contributed by atoms with E-state index in [4.69, 9.17) is 9.47 Å². The fourth-order valence-electron chi connectivity index (χ4n) is 1.42. The molecule has 20 heavy (non-hydrogen) atoms. The summed E-state index contributed by atoms with van der Waals surface area (Å²) in [5, 5.41) is 10.9. The van der Waals surface area contributed by atoms with Crippen LogP contribution < -0.4 is 9.47 Å². The van der Waals surface area contributed by atoms with Crippen molar-refractivity contribution in [2.45, 2.75) is 0 Å². The smallest absolute Gasteiger partial charge is 0.325 e. The van der Waals surface area contributed by atoms with E-state index in [-0.39, 0.29) is 28.9 Å². The zero-order valence-electron chi connectivity index (χ0n) is 10.3. The van der Waals surface area contributed by atoms with E-state index in [0.29, 0.717) is 6.29 Å². The zero-order valence-corrected chi connectivity index (χ0v) is 10.3. The molecule has 0 fully saturated rings. The number of ether oxygens (including phenoxy) is 2. The molecule has 8 heteroatoms. The third-order valence-corrected chi connectivity index (χ3v) is 2.33. The van der Waals surface area contributed by atoms with E-state index in [1.54, 1.807) is 0 Å². The fraction of sp³-hybridized carbons (Fsp3) is 0.0833. The van der Waals surface area contributed by atoms with Crippen molar-refractivity contribution in [3.63, 3.8) is 0 Å². The van der Waals surface area contributed by atoms with Crippen molar-refractivity contribution in [1.82, 2.24) is 9.97 Å². The molecule has 1 aromatic carbocycles. The van der Waals surface area contributed by atoms with Crippen LogP contribution in [0.15, 0.2) is 30.5 Å². The van der Waals surface area contributed by atoms with Gasteiger partial charge >= 0.3 is 11.7 Å². The van der Waals surface area contributed by atoms with Crippen LogP contribution in [-0.2, 0) is 0 Å². The number of nitrogens with zero attached hydrogens (tertiary/aromatic N) is 3. The second-order valence-electron chi connectivity index (χ2n) is 3.59. The number of benzene rings is 1. The Morgan fingerprint density at radius 1 is 1.35 bits per heavy atom. The van der Waals surface area contributed by atoms with Gasteiger partial charge in [0.1, 0.15) is 6.29 Å². The highest BCUT2D eigenvalue weighted by Gasteiger charge is 2.17. The first-order valence-corrected chi connectivity index (χ1v) is 5.42. The van der Waals surface area contributed by atoms with Crippen LogP contribution in [0.5, 0.6) is 17.6 Å². The summed E-state index contributed by atoms with van der Waals surface area (Å²) in [6.07, 6.45) is 1.94. The van der Waals surface area contributed by atoms with E-state index in [1.807, 2.05) is 0 Å². The molecule has 0 radical (unpaired) electrons. The van der Waals surface area contributed by atoms with Crippen molar-refractivity contribution in [3.8, 4) is 17.6 Å². The molecule has 2 aromatic rings. The van der Waals surface area contributed by atoms with Crippen molar-refractivity contribution < 1.29 is 19.2 Å². The summed E-state index contributed by atoms with van der Waals surface area (Å²) in [6, 6.07) is 5.14. The van der Waals surface area contributed by atoms with Crippen molar-refractivity contribution in [2.75, 3.05) is 7.11 Å². The van der Waals surface area contributed by atoms with Gasteiger partial charge < -0.3 is 9.47 Å². The van der Waals surface area contributed by atoms with Gasteiger partial charge in [-0.3, -0.25) is 14.9 Å². The highest BCUT2D eigenvalue weighted by Crippen LogP contribution is 2.30. The molecule has 0 bridgehead atoms. The van der Waals surface area contributed by atoms with Gasteiger partial charge in [0, 0.05) is 23.9 Å². The highest BCUT2D eigenvalue weighted by molar-refractivity contribution is 5.77. The largest absolute Gasteiger partial charge is 0.481 e. The van der Waals surface area contributed by atoms with Crippen LogP contribution in [0.25, 0.3) is 0 Å². The van der Waals surface area contributed by atoms with Crippen LogP contribution in [0.4, 0.5) is 5.69 Å². The molecular weight excluding hydrogens is 266 g/mol. The molecule has 0 aliphatic heterocycles. The maximum absolute atomic E-state index is 10.9. The summed E-state index contributed by atoms with van der Waals surface area (Å²) in [4.78, 5) is 28.7. The summed E-state index contributed by atoms with van der Waals surface area (Å²) in [5.74, 6) is 0.136. The number of methoxy groups -OCH3 is 1. The van der Waals surface area contributed by atoms with E-state index >= 15 is 0 Å². The first-order chi connectivity index (χ1) is 9.63. The predicted molar refractivity (Wildman–Crippen MR) is 67.1 cm³/mol. The lowest BCUT2D eigenvalue weighted by Crippen LogP contribution is -1.98. The number of hydrogen-bond acceptors (Lipinski definition) is 7. The molecule has 0 saturated carbocycles. The Balaban J connectivity index is 2.40. The van der Waals surface area contributed by atoms with Crippen LogP contribution in [0.1, 0.15) is 10.4 Å². The van der Waals surface area contributed by atoms with Crippen LogP contribution in [0, 0.1) is 10.1 Å². The van der Waals surface area contributed by atoms with Gasteiger partial charge in [0.05, 0.1) is 12.0 Å². The Labute approximate surface area is 113 Å². The molecule has 1 aromatic heterocycles. The third kappa shape index (κ3) is 2.86. The molecule has 0 aliphatic rings. The Morgan fingerprint density at radius 3 is 2.80 bits per heavy atom. The molecule has 0 saturated heterocycles. The number of aromatic nitrogens is 2. The molecule has 102 valence electrons. The Bertz CT molecular complexity index is 659. The number of carbonyl (C=O) groups is 1. The van der Waals surface area contributed by atoms with Gasteiger partial charge in [-0.05, 0) is 12.1 Å². The number of hydrogen-bond donors (Lipinski definition) is 0. The Hall–Kier alpha value is -3.03. The van der Waals surface area contributed by atoms with Crippen LogP contribution >= 0.6 is 0 Å². The molecule has 0 amide bonds. The lowest BCUT2D eigenvalue weighted by Gasteiger charge is -2.06. The standard InChI is InChI=1S/C12H9N3O5/c1-19-11-4-5-13-12(14-11)20-10-6-8(7-16)2-3-9(10)15(17)18/h2-7H,1H3. The van der Waals surface area contributed by atoms with E-state index in [9.17, 15) is 14.9 Å². The average Bonchev–Trinajstić information content (AvgIpc) is 2.47. The van der Waals surface area contributed by atoms with Crippen molar-refractivity contribution in [1.29, 1.82) is 0 Å². The first kappa shape index (κ1) is 13.4. The number of aldehydes is 1. The molecule has 0 N–H and O–H groups in total. The molecule has 2 rings (SSSR count). The molecule has 1 heterocycles. The molecular formula is C12H9N3O5. The normalized spacial score (nSPS) is 9.85. The molecule has 0 unspecified atom stereocenters. The predicted octanol–water partition coefficient (Wildman–Crippen LogP) is 2.00. The monoisotopic (exact) mass is 275 g/mol. The zero-order chi connectivity index (χ0) is 14.5. The van der Waals surface area contributed by atoms with Gasteiger partial charge in [0.15, 0.2) is 0 Å². The average molecular weight is 275 g/mol. The van der Waals surface area contributed by atoms with Gasteiger partial charge in [-0.25, -0.2) is 4.98 Å². The first-order valence-electron chi connectivity index (χ1n) is 5.42. The SMILES string of the molecule is COc1ccnc(Oc2cc(C=O)ccc2[N+](=O)[O-])n1. The summed E-state index contributed by atoms with van der Waals surface area (Å²) in [5.41, 5.74) is -0.0458. The third-order valence-electron chi connectivity index (χ3n) is 2.33. The topological polar surface area (TPSA) is 104 Å². The maximum Gasteiger partial charge on any atom is 0.325 e. The van der Waals surface area contributed by atoms with E-state index in [1.165, 1.54) is 37.6 Å². The summed E-state index contributed by atoms with van der Waals surface area (Å²) in [7, 11) is 1.42. The van der Waals surface area contributed by atoms with Gasteiger partial charge in [-0.15, -0.1) is 0 Å². The van der Waals surface area contributed by atoms with Crippen LogP contribution in [0.2, 0.25) is 0 Å². The summed E-state index contributed by atoms with van der Waals surface area (Å²) >= 11 is 0. The highest BCUT2D eigenvalue weighted by atomic mass is 16.6. The van der Waals surface area contributed by atoms with Crippen LogP contribution in [0.3, 0.4) is 0 Å². The molecule has 8 nitrogen and oxygen atoms in total. The van der Waals surface area contributed by atoms with E-state index < -0.39 is 4.92 Å². The van der Waals surface area contributed by atoms with E-state index in [2.05, 4.69) is 9.97 Å². The van der Waals surface area contributed by atoms with Gasteiger partial charge in [-0.1, -0.05) is 0 Å². The summed E-state index contributed by atoms with van der Waals surface area (Å²) < 4.78 is 10.1. The molecule has 0 atom stereocenters. The van der Waals surface area contributed by atoms with Crippen molar-refractivity contribution >= 4 is 12.0 Å². The maximum atomic E-state index is 10.9. The number of rotatable bonds is 5. The number of nitro benzene ring substituents is 1. The fourth-order valence-corrected chi connectivity index (χ4v) is 1.42. The quantitative estimate of drug-likeness (QED) is 0.466. The van der Waals surface area contributed by atoms with Crippen molar-refractivity contribution in [3.05, 3.63) is 46.1 Å². The van der Waals surface area contributed by atoms with Gasteiger partial charge in [-0.2, -0.15) is 4.98 Å². The van der Waals surface area contributed by atoms with Gasteiger partial charge in [0.2, 0.25) is 11.6 Å². The second-order valence-corrected chi connectivity index (χ2v) is 3.59. The summed E-state index contributed by atoms with van der Waals surface area (Å²) in [6.45, 7) is 0. The lowest BCUT2D eigenvalue weighted by molar-refractivity contribution is -0.385. The van der Waals surface area contributed by atoms with Crippen molar-refractivity contribution in [2.24, 2.45) is 0 Å². The molecule has 0 spiro atoms. The van der Waals surface area contributed by atoms with E-state index in [0.717, 1.165) is 0 Å². The van der Waals surface area contributed by atoms with Crippen LogP contribution in [-0.4, -0.2) is 28.3 Å². The Kier molecular flexibility index (Phi) is 3.85. The number of carbonyl (C=O) groups excluding carboxylic acids is 1. The molecule has 0 aliphatic carbocycles. The minimum Gasteiger partial charge on any atom is -0.481 e. The van der Waals surface area contributed by atoms with Gasteiger partial charge in [0.25, 0.3) is 0 Å².